The van der Waals surface area contributed by atoms with E-state index in [1.54, 1.807) is 27.8 Å². The number of aryl methyl sites for hydroxylation is 1. The van der Waals surface area contributed by atoms with Crippen LogP contribution in [0, 0.1) is 11.6 Å². The number of nitrogens with one attached hydrogen (secondary N) is 1. The van der Waals surface area contributed by atoms with Gasteiger partial charge in [0, 0.05) is 48.5 Å². The third-order valence-electron chi connectivity index (χ3n) is 6.62. The van der Waals surface area contributed by atoms with Gasteiger partial charge in [0.2, 0.25) is 9.84 Å². The first kappa shape index (κ1) is 29.0. The molecule has 1 fully saturated rings. The van der Waals surface area contributed by atoms with Gasteiger partial charge in [-0.15, -0.1) is 0 Å². The Balaban J connectivity index is 1.58. The maximum atomic E-state index is 14.3. The molecule has 4 heterocycles. The maximum Gasteiger partial charge on any atom is 0.407 e. The summed E-state index contributed by atoms with van der Waals surface area (Å²) >= 11 is 3.51. The molecule has 5 rings (SSSR count). The van der Waals surface area contributed by atoms with Gasteiger partial charge in [0.25, 0.3) is 0 Å². The number of carbonyl (C=O) groups excluding carboxylic acids is 1. The molecule has 4 aromatic rings. The number of nitrogens with zero attached hydrogens (tertiary/aromatic N) is 5. The van der Waals surface area contributed by atoms with Gasteiger partial charge in [0.15, 0.2) is 10.1 Å². The number of carbonyl (C=O) groups is 1. The molecule has 1 aliphatic heterocycles. The first-order valence-corrected chi connectivity index (χ1v) is 15.2. The standard InChI is InChI=1S/C27H29BrF2N6O4S/c1-27(2,3)40-26(37)32-19-5-9-35(10-6-19)24-20(16-11-17(29)13-18(30)12-16)15-31-36-23(14-21(28)25(24)36)41(38,39)22-7-8-34(4)33-22/h7-8,11-15,19H,5-6,9-10H2,1-4H3,(H,32,37). The SMILES string of the molecule is Cn1ccc(S(=O)(=O)c2cc(Br)c3c(N4CCC(NC(=O)OC(C)(C)C)CC4)c(-c4cc(F)cc(F)c4)cnn23)n1. The van der Waals surface area contributed by atoms with Crippen molar-refractivity contribution in [3.63, 3.8) is 0 Å². The summed E-state index contributed by atoms with van der Waals surface area (Å²) in [5.74, 6) is -1.50. The first-order valence-electron chi connectivity index (χ1n) is 12.9. The Morgan fingerprint density at radius 3 is 2.37 bits per heavy atom. The summed E-state index contributed by atoms with van der Waals surface area (Å²) in [6.45, 7) is 6.30. The number of hydrogen-bond donors (Lipinski definition) is 1. The second-order valence-corrected chi connectivity index (χ2v) is 13.6. The van der Waals surface area contributed by atoms with Crippen LogP contribution in [0.25, 0.3) is 16.6 Å². The van der Waals surface area contributed by atoms with Gasteiger partial charge in [0.05, 0.1) is 11.9 Å². The van der Waals surface area contributed by atoms with E-state index in [1.807, 2.05) is 4.90 Å². The molecular formula is C27H29BrF2N6O4S. The van der Waals surface area contributed by atoms with Gasteiger partial charge in [-0.05, 0) is 79.4 Å². The predicted molar refractivity (Wildman–Crippen MR) is 152 cm³/mol. The number of sulfone groups is 1. The summed E-state index contributed by atoms with van der Waals surface area (Å²) in [4.78, 5) is 14.3. The number of piperidine rings is 1. The summed E-state index contributed by atoms with van der Waals surface area (Å²) in [6.07, 6.45) is 3.55. The van der Waals surface area contributed by atoms with Crippen molar-refractivity contribution >= 4 is 43.1 Å². The molecule has 0 aliphatic carbocycles. The second kappa shape index (κ2) is 10.7. The van der Waals surface area contributed by atoms with E-state index in [-0.39, 0.29) is 21.7 Å². The Hall–Kier alpha value is -3.52. The lowest BCUT2D eigenvalue weighted by Gasteiger charge is -2.35. The van der Waals surface area contributed by atoms with Crippen LogP contribution in [0.4, 0.5) is 19.3 Å². The molecule has 1 aromatic carbocycles. The molecule has 0 atom stereocenters. The number of halogens is 3. The topological polar surface area (TPSA) is 111 Å². The molecule has 218 valence electrons. The number of hydrogen-bond acceptors (Lipinski definition) is 7. The van der Waals surface area contributed by atoms with Crippen molar-refractivity contribution < 1.29 is 26.7 Å². The van der Waals surface area contributed by atoms with E-state index in [4.69, 9.17) is 4.74 Å². The molecule has 1 N–H and O–H groups in total. The molecular weight excluding hydrogens is 622 g/mol. The van der Waals surface area contributed by atoms with Crippen molar-refractivity contribution in [3.8, 4) is 11.1 Å². The average Bonchev–Trinajstić information content (AvgIpc) is 3.46. The van der Waals surface area contributed by atoms with Gasteiger partial charge in [-0.3, -0.25) is 4.68 Å². The summed E-state index contributed by atoms with van der Waals surface area (Å²) in [7, 11) is -2.44. The smallest absolute Gasteiger partial charge is 0.407 e. The molecule has 0 bridgehead atoms. The highest BCUT2D eigenvalue weighted by Gasteiger charge is 2.31. The summed E-state index contributed by atoms with van der Waals surface area (Å²) in [6, 6.07) is 5.90. The van der Waals surface area contributed by atoms with Crippen molar-refractivity contribution in [1.82, 2.24) is 24.7 Å². The van der Waals surface area contributed by atoms with Crippen LogP contribution in [0.2, 0.25) is 0 Å². The number of rotatable bonds is 5. The number of amides is 1. The van der Waals surface area contributed by atoms with Crippen LogP contribution in [0.15, 0.2) is 57.3 Å². The molecule has 0 saturated carbocycles. The van der Waals surface area contributed by atoms with Gasteiger partial charge in [-0.1, -0.05) is 0 Å². The molecule has 1 aliphatic rings. The minimum absolute atomic E-state index is 0.113. The third kappa shape index (κ3) is 5.94. The molecule has 10 nitrogen and oxygen atoms in total. The number of anilines is 1. The highest BCUT2D eigenvalue weighted by Crippen LogP contribution is 2.41. The maximum absolute atomic E-state index is 14.3. The third-order valence-corrected chi connectivity index (χ3v) is 8.84. The fourth-order valence-corrected chi connectivity index (χ4v) is 6.93. The van der Waals surface area contributed by atoms with Crippen LogP contribution < -0.4 is 10.2 Å². The zero-order chi connectivity index (χ0) is 29.7. The number of fused-ring (bicyclic) bond motifs is 1. The van der Waals surface area contributed by atoms with E-state index in [0.717, 1.165) is 6.07 Å². The summed E-state index contributed by atoms with van der Waals surface area (Å²) in [5, 5.41) is 11.1. The van der Waals surface area contributed by atoms with E-state index < -0.39 is 33.2 Å². The van der Waals surface area contributed by atoms with Crippen LogP contribution in [0.3, 0.4) is 0 Å². The van der Waals surface area contributed by atoms with Gasteiger partial charge in [-0.25, -0.2) is 26.5 Å². The Labute approximate surface area is 244 Å². The van der Waals surface area contributed by atoms with Crippen molar-refractivity contribution in [2.24, 2.45) is 7.05 Å². The lowest BCUT2D eigenvalue weighted by molar-refractivity contribution is 0.0497. The molecule has 0 unspecified atom stereocenters. The van der Waals surface area contributed by atoms with E-state index in [2.05, 4.69) is 31.4 Å². The fourth-order valence-electron chi connectivity index (χ4n) is 4.88. The zero-order valence-corrected chi connectivity index (χ0v) is 25.3. The summed E-state index contributed by atoms with van der Waals surface area (Å²) in [5.41, 5.74) is 1.02. The highest BCUT2D eigenvalue weighted by atomic mass is 79.9. The Bertz CT molecular complexity index is 1720. The molecule has 0 spiro atoms. The lowest BCUT2D eigenvalue weighted by atomic mass is 10.0. The molecule has 0 radical (unpaired) electrons. The monoisotopic (exact) mass is 650 g/mol. The molecule has 1 amide bonds. The van der Waals surface area contributed by atoms with Gasteiger partial charge in [0.1, 0.15) is 22.8 Å². The van der Waals surface area contributed by atoms with E-state index in [0.29, 0.717) is 47.2 Å². The normalized spacial score (nSPS) is 15.0. The molecule has 3 aromatic heterocycles. The zero-order valence-electron chi connectivity index (χ0n) is 22.9. The number of alkyl carbamates (subject to hydrolysis) is 1. The fraction of sp³-hybridized carbons (Fsp3) is 0.370. The van der Waals surface area contributed by atoms with Crippen LogP contribution in [0.1, 0.15) is 33.6 Å². The van der Waals surface area contributed by atoms with Crippen LogP contribution in [0.5, 0.6) is 0 Å². The second-order valence-electron chi connectivity index (χ2n) is 10.9. The molecule has 14 heteroatoms. The van der Waals surface area contributed by atoms with E-state index >= 15 is 0 Å². The summed E-state index contributed by atoms with van der Waals surface area (Å²) < 4.78 is 64.1. The Kier molecular flexibility index (Phi) is 7.57. The van der Waals surface area contributed by atoms with Crippen LogP contribution in [-0.2, 0) is 21.6 Å². The van der Waals surface area contributed by atoms with Crippen LogP contribution in [-0.4, -0.2) is 58.6 Å². The van der Waals surface area contributed by atoms with Crippen LogP contribution >= 0.6 is 15.9 Å². The Morgan fingerprint density at radius 1 is 1.12 bits per heavy atom. The van der Waals surface area contributed by atoms with Crippen molar-refractivity contribution in [3.05, 3.63) is 58.8 Å². The number of benzene rings is 1. The minimum Gasteiger partial charge on any atom is -0.444 e. The van der Waals surface area contributed by atoms with E-state index in [1.165, 1.54) is 45.9 Å². The first-order chi connectivity index (χ1) is 19.2. The average molecular weight is 652 g/mol. The largest absolute Gasteiger partial charge is 0.444 e. The lowest BCUT2D eigenvalue weighted by Crippen LogP contribution is -2.46. The van der Waals surface area contributed by atoms with Gasteiger partial charge in [-0.2, -0.15) is 10.2 Å². The van der Waals surface area contributed by atoms with Gasteiger partial charge < -0.3 is 15.0 Å². The molecule has 41 heavy (non-hydrogen) atoms. The van der Waals surface area contributed by atoms with Crippen molar-refractivity contribution in [1.29, 1.82) is 0 Å². The number of ether oxygens (including phenoxy) is 1. The van der Waals surface area contributed by atoms with E-state index in [9.17, 15) is 22.0 Å². The van der Waals surface area contributed by atoms with Crippen molar-refractivity contribution in [2.75, 3.05) is 18.0 Å². The predicted octanol–water partition coefficient (Wildman–Crippen LogP) is 5.10. The van der Waals surface area contributed by atoms with Gasteiger partial charge >= 0.3 is 6.09 Å². The number of aromatic nitrogens is 4. The quantitative estimate of drug-likeness (QED) is 0.320. The van der Waals surface area contributed by atoms with Crippen molar-refractivity contribution in [2.45, 2.75) is 55.3 Å². The molecule has 1 saturated heterocycles. The Morgan fingerprint density at radius 2 is 1.78 bits per heavy atom. The minimum atomic E-state index is -4.06. The highest BCUT2D eigenvalue weighted by molar-refractivity contribution is 9.10.